The van der Waals surface area contributed by atoms with Crippen molar-refractivity contribution in [3.63, 3.8) is 0 Å². The molecule has 0 aliphatic carbocycles. The van der Waals surface area contributed by atoms with Gasteiger partial charge in [0, 0.05) is 11.3 Å². The Balaban J connectivity index is 2.42. The van der Waals surface area contributed by atoms with Crippen molar-refractivity contribution >= 4 is 19.6 Å². The lowest BCUT2D eigenvalue weighted by Gasteiger charge is -2.36. The molecule has 0 aliphatic rings. The number of phosphoric acid groups is 1. The molecular formula is C18H24NO5PS. The smallest absolute Gasteiger partial charge is 0.471 e. The van der Waals surface area contributed by atoms with Crippen LogP contribution in [0.5, 0.6) is 5.75 Å². The summed E-state index contributed by atoms with van der Waals surface area (Å²) < 4.78 is 22.2. The maximum Gasteiger partial charge on any atom is 0.471 e. The van der Waals surface area contributed by atoms with Gasteiger partial charge in [-0.1, -0.05) is 49.4 Å². The average molecular weight is 397 g/mol. The third kappa shape index (κ3) is 5.58. The fraction of sp³-hybridized carbons (Fsp3) is 0.333. The standard InChI is InChI=1S/C18H24NO5PS/c1-3-18(14-9-5-4-6-10-14,13-17(19)24-25(20,21)22)23-15-11-7-8-12-16(15)26-2/h4-12,17H,3,13,19H2,1-2H3,(H2,20,21,22). The second-order valence-corrected chi connectivity index (χ2v) is 7.85. The minimum atomic E-state index is -4.69. The van der Waals surface area contributed by atoms with Crippen molar-refractivity contribution in [2.45, 2.75) is 36.5 Å². The van der Waals surface area contributed by atoms with Crippen molar-refractivity contribution in [1.82, 2.24) is 0 Å². The van der Waals surface area contributed by atoms with Crippen molar-refractivity contribution in [3.05, 3.63) is 60.2 Å². The highest BCUT2D eigenvalue weighted by Crippen LogP contribution is 2.42. The molecule has 26 heavy (non-hydrogen) atoms. The molecule has 0 bridgehead atoms. The number of hydrogen-bond donors (Lipinski definition) is 3. The molecule has 6 nitrogen and oxygen atoms in total. The highest BCUT2D eigenvalue weighted by molar-refractivity contribution is 7.98. The summed E-state index contributed by atoms with van der Waals surface area (Å²) in [4.78, 5) is 19.1. The molecular weight excluding hydrogens is 373 g/mol. The minimum Gasteiger partial charge on any atom is -0.481 e. The van der Waals surface area contributed by atoms with Gasteiger partial charge in [-0.3, -0.25) is 4.52 Å². The Labute approximate surface area is 158 Å². The minimum absolute atomic E-state index is 0.0847. The molecule has 2 rings (SSSR count). The summed E-state index contributed by atoms with van der Waals surface area (Å²) in [6.07, 6.45) is 1.40. The first-order chi connectivity index (χ1) is 12.3. The van der Waals surface area contributed by atoms with E-state index in [1.807, 2.05) is 67.8 Å². The zero-order valence-corrected chi connectivity index (χ0v) is 16.5. The van der Waals surface area contributed by atoms with Crippen LogP contribution in [0.3, 0.4) is 0 Å². The number of hydrogen-bond acceptors (Lipinski definition) is 5. The lowest BCUT2D eigenvalue weighted by atomic mass is 9.87. The number of nitrogens with two attached hydrogens (primary N) is 1. The third-order valence-corrected chi connectivity index (χ3v) is 5.37. The molecule has 4 N–H and O–H groups in total. The topological polar surface area (TPSA) is 102 Å². The highest BCUT2D eigenvalue weighted by atomic mass is 32.2. The van der Waals surface area contributed by atoms with Crippen LogP contribution in [-0.4, -0.2) is 22.3 Å². The van der Waals surface area contributed by atoms with E-state index in [2.05, 4.69) is 4.52 Å². The van der Waals surface area contributed by atoms with E-state index in [4.69, 9.17) is 20.3 Å². The summed E-state index contributed by atoms with van der Waals surface area (Å²) in [7, 11) is -4.69. The van der Waals surface area contributed by atoms with Crippen LogP contribution in [0.1, 0.15) is 25.3 Å². The molecule has 0 amide bonds. The van der Waals surface area contributed by atoms with Gasteiger partial charge in [0.05, 0.1) is 0 Å². The first-order valence-electron chi connectivity index (χ1n) is 8.17. The summed E-state index contributed by atoms with van der Waals surface area (Å²) in [6.45, 7) is 1.94. The van der Waals surface area contributed by atoms with Crippen molar-refractivity contribution in [2.24, 2.45) is 5.73 Å². The molecule has 2 unspecified atom stereocenters. The maximum absolute atomic E-state index is 11.2. The molecule has 8 heteroatoms. The fourth-order valence-electron chi connectivity index (χ4n) is 2.83. The summed E-state index contributed by atoms with van der Waals surface area (Å²) in [5.41, 5.74) is 5.86. The van der Waals surface area contributed by atoms with Gasteiger partial charge < -0.3 is 20.3 Å². The van der Waals surface area contributed by atoms with E-state index < -0.39 is 19.7 Å². The molecule has 2 aromatic carbocycles. The third-order valence-electron chi connectivity index (χ3n) is 4.05. The van der Waals surface area contributed by atoms with Gasteiger partial charge >= 0.3 is 7.82 Å². The SMILES string of the molecule is CCC(CC(N)OP(=O)(O)O)(Oc1ccccc1SC)c1ccccc1. The molecule has 2 aromatic rings. The van der Waals surface area contributed by atoms with E-state index in [9.17, 15) is 4.57 Å². The van der Waals surface area contributed by atoms with Crippen LogP contribution in [0.4, 0.5) is 0 Å². The molecule has 0 aliphatic heterocycles. The van der Waals surface area contributed by atoms with Gasteiger partial charge in [-0.25, -0.2) is 4.57 Å². The fourth-order valence-corrected chi connectivity index (χ4v) is 3.79. The molecule has 0 heterocycles. The summed E-state index contributed by atoms with van der Waals surface area (Å²) >= 11 is 1.56. The molecule has 2 atom stereocenters. The molecule has 0 aromatic heterocycles. The van der Waals surface area contributed by atoms with Gasteiger partial charge in [0.2, 0.25) is 0 Å². The van der Waals surface area contributed by atoms with Crippen LogP contribution in [-0.2, 0) is 14.7 Å². The monoisotopic (exact) mass is 397 g/mol. The van der Waals surface area contributed by atoms with E-state index in [1.165, 1.54) is 0 Å². The quantitative estimate of drug-likeness (QED) is 0.335. The Morgan fingerprint density at radius 1 is 1.15 bits per heavy atom. The first-order valence-corrected chi connectivity index (χ1v) is 10.9. The average Bonchev–Trinajstić information content (AvgIpc) is 2.60. The molecule has 142 valence electrons. The largest absolute Gasteiger partial charge is 0.481 e. The highest BCUT2D eigenvalue weighted by Gasteiger charge is 2.37. The summed E-state index contributed by atoms with van der Waals surface area (Å²) in [5, 5.41) is 0. The van der Waals surface area contributed by atoms with Crippen LogP contribution < -0.4 is 10.5 Å². The normalized spacial score (nSPS) is 15.3. The van der Waals surface area contributed by atoms with Gasteiger partial charge in [0.1, 0.15) is 17.6 Å². The number of benzene rings is 2. The Morgan fingerprint density at radius 3 is 2.35 bits per heavy atom. The van der Waals surface area contributed by atoms with Gasteiger partial charge in [0.15, 0.2) is 0 Å². The van der Waals surface area contributed by atoms with E-state index in [1.54, 1.807) is 11.8 Å². The van der Waals surface area contributed by atoms with Crippen molar-refractivity contribution in [2.75, 3.05) is 6.26 Å². The Bertz CT molecular complexity index is 754. The van der Waals surface area contributed by atoms with Crippen LogP contribution in [0, 0.1) is 0 Å². The Kier molecular flexibility index (Phi) is 7.29. The van der Waals surface area contributed by atoms with Crippen LogP contribution in [0.2, 0.25) is 0 Å². The van der Waals surface area contributed by atoms with E-state index in [0.29, 0.717) is 12.2 Å². The number of phosphoric ester groups is 1. The number of para-hydroxylation sites is 1. The van der Waals surface area contributed by atoms with Crippen molar-refractivity contribution in [3.8, 4) is 5.75 Å². The number of rotatable bonds is 9. The van der Waals surface area contributed by atoms with Crippen molar-refractivity contribution in [1.29, 1.82) is 0 Å². The maximum atomic E-state index is 11.2. The molecule has 0 saturated heterocycles. The van der Waals surface area contributed by atoms with Crippen LogP contribution in [0.15, 0.2) is 59.5 Å². The zero-order chi connectivity index (χ0) is 19.2. The second-order valence-electron chi connectivity index (χ2n) is 5.81. The molecule has 0 saturated carbocycles. The predicted molar refractivity (Wildman–Crippen MR) is 103 cm³/mol. The van der Waals surface area contributed by atoms with E-state index in [0.717, 1.165) is 10.5 Å². The van der Waals surface area contributed by atoms with Crippen LogP contribution >= 0.6 is 19.6 Å². The van der Waals surface area contributed by atoms with Crippen molar-refractivity contribution < 1.29 is 23.6 Å². The van der Waals surface area contributed by atoms with Gasteiger partial charge in [0.25, 0.3) is 0 Å². The first kappa shape index (κ1) is 21.0. The van der Waals surface area contributed by atoms with E-state index >= 15 is 0 Å². The molecule has 0 spiro atoms. The second kappa shape index (κ2) is 9.04. The molecule has 0 radical (unpaired) electrons. The molecule has 0 fully saturated rings. The Hall–Kier alpha value is -1.34. The van der Waals surface area contributed by atoms with Gasteiger partial charge in [-0.05, 0) is 30.4 Å². The summed E-state index contributed by atoms with van der Waals surface area (Å²) in [6, 6.07) is 17.1. The van der Waals surface area contributed by atoms with Gasteiger partial charge in [-0.15, -0.1) is 11.8 Å². The van der Waals surface area contributed by atoms with Gasteiger partial charge in [-0.2, -0.15) is 0 Å². The van der Waals surface area contributed by atoms with E-state index in [-0.39, 0.29) is 6.42 Å². The lowest BCUT2D eigenvalue weighted by molar-refractivity contribution is 0.00332. The van der Waals surface area contributed by atoms with Crippen LogP contribution in [0.25, 0.3) is 0 Å². The summed E-state index contributed by atoms with van der Waals surface area (Å²) in [5.74, 6) is 0.689. The number of ether oxygens (including phenoxy) is 1. The Morgan fingerprint density at radius 2 is 1.77 bits per heavy atom. The number of thioether (sulfide) groups is 1. The predicted octanol–water partition coefficient (Wildman–Crippen LogP) is 3.88. The zero-order valence-electron chi connectivity index (χ0n) is 14.7. The lowest BCUT2D eigenvalue weighted by Crippen LogP contribution is -2.40.